The molecule has 0 aliphatic heterocycles. The van der Waals surface area contributed by atoms with Gasteiger partial charge in [-0.05, 0) is 13.8 Å². The zero-order valence-electron chi connectivity index (χ0n) is 10.4. The summed E-state index contributed by atoms with van der Waals surface area (Å²) in [5, 5.41) is 8.31. The van der Waals surface area contributed by atoms with Crippen molar-refractivity contribution in [2.45, 2.75) is 20.0 Å². The molecule has 0 aromatic carbocycles. The van der Waals surface area contributed by atoms with E-state index in [0.717, 1.165) is 11.9 Å². The lowest BCUT2D eigenvalue weighted by Crippen LogP contribution is -2.38. The van der Waals surface area contributed by atoms with Crippen LogP contribution in [0.15, 0.2) is 11.9 Å². The van der Waals surface area contributed by atoms with Gasteiger partial charge in [0.05, 0.1) is 19.8 Å². The fourth-order valence-electron chi connectivity index (χ4n) is 0.989. The molecule has 0 fully saturated rings. The highest BCUT2D eigenvalue weighted by Gasteiger charge is 2.42. The van der Waals surface area contributed by atoms with Gasteiger partial charge in [-0.1, -0.05) is 6.08 Å². The summed E-state index contributed by atoms with van der Waals surface area (Å²) in [6, 6.07) is 0. The largest absolute Gasteiger partial charge is 0.473 e. The highest BCUT2D eigenvalue weighted by molar-refractivity contribution is 7.57. The third kappa shape index (κ3) is 6.72. The van der Waals surface area contributed by atoms with Gasteiger partial charge in [0.15, 0.2) is 0 Å². The first-order valence-electron chi connectivity index (χ1n) is 5.30. The first kappa shape index (κ1) is 18.1. The second-order valence-electron chi connectivity index (χ2n) is 3.15. The average Bonchev–Trinajstić information content (AvgIpc) is 2.27. The van der Waals surface area contributed by atoms with Gasteiger partial charge >= 0.3 is 19.7 Å². The first-order valence-corrected chi connectivity index (χ1v) is 6.91. The van der Waals surface area contributed by atoms with Crippen molar-refractivity contribution in [3.63, 3.8) is 0 Å². The van der Waals surface area contributed by atoms with Gasteiger partial charge in [0.25, 0.3) is 0 Å². The van der Waals surface area contributed by atoms with Gasteiger partial charge in [0, 0.05) is 5.82 Å². The lowest BCUT2D eigenvalue weighted by molar-refractivity contribution is -0.213. The zero-order valence-corrected chi connectivity index (χ0v) is 11.3. The van der Waals surface area contributed by atoms with Crippen molar-refractivity contribution in [2.75, 3.05) is 19.8 Å². The third-order valence-corrected chi connectivity index (χ3v) is 3.47. The lowest BCUT2D eigenvalue weighted by atomic mass is 10.5. The Morgan fingerprint density at radius 3 is 2.16 bits per heavy atom. The predicted octanol–water partition coefficient (Wildman–Crippen LogP) is 2.55. The summed E-state index contributed by atoms with van der Waals surface area (Å²) >= 11 is 0. The molecule has 0 aliphatic carbocycles. The van der Waals surface area contributed by atoms with Gasteiger partial charge in [0.2, 0.25) is 0 Å². The molecular weight excluding hydrogens is 290 g/mol. The maximum Gasteiger partial charge on any atom is 0.473 e. The molecule has 0 saturated carbocycles. The van der Waals surface area contributed by atoms with Crippen LogP contribution >= 0.6 is 7.60 Å². The molecule has 0 aromatic heterocycles. The molecule has 10 heteroatoms. The van der Waals surface area contributed by atoms with Crippen molar-refractivity contribution >= 4 is 13.5 Å². The number of hydrogen-bond donors (Lipinski definition) is 1. The number of rotatable bonds is 7. The molecule has 0 bridgehead atoms. The second-order valence-corrected chi connectivity index (χ2v) is 5.04. The number of hydrogen-bond acceptors (Lipinski definition) is 5. The van der Waals surface area contributed by atoms with E-state index < -0.39 is 31.3 Å². The van der Waals surface area contributed by atoms with Crippen LogP contribution in [-0.4, -0.2) is 42.1 Å². The van der Waals surface area contributed by atoms with E-state index in [1.807, 2.05) is 0 Å². The van der Waals surface area contributed by atoms with Gasteiger partial charge in [-0.25, -0.2) is 5.06 Å². The summed E-state index contributed by atoms with van der Waals surface area (Å²) in [7, 11) is -3.56. The minimum Gasteiger partial charge on any atom is -0.306 e. The van der Waals surface area contributed by atoms with E-state index in [0.29, 0.717) is 0 Å². The van der Waals surface area contributed by atoms with Crippen molar-refractivity contribution in [2.24, 2.45) is 0 Å². The Kier molecular flexibility index (Phi) is 7.28. The Hall–Kier alpha value is -0.890. The highest BCUT2D eigenvalue weighted by Crippen LogP contribution is 2.49. The van der Waals surface area contributed by atoms with Crippen molar-refractivity contribution in [3.8, 4) is 0 Å². The third-order valence-electron chi connectivity index (χ3n) is 1.66. The molecule has 0 rings (SSSR count). The Morgan fingerprint density at radius 2 is 1.79 bits per heavy atom. The molecule has 1 N–H and O–H groups in total. The van der Waals surface area contributed by atoms with Crippen molar-refractivity contribution in [1.82, 2.24) is 5.06 Å². The van der Waals surface area contributed by atoms with Gasteiger partial charge in [0.1, 0.15) is 0 Å². The zero-order chi connectivity index (χ0) is 15.1. The SMILES string of the molecule is CCOP(=O)(/C=C/CN(O)C(=O)C(F)(F)F)OCC. The van der Waals surface area contributed by atoms with Gasteiger partial charge in [-0.15, -0.1) is 0 Å². The fraction of sp³-hybridized carbons (Fsp3) is 0.667. The van der Waals surface area contributed by atoms with Crippen LogP contribution in [0.5, 0.6) is 0 Å². The van der Waals surface area contributed by atoms with Crippen LogP contribution in [0.3, 0.4) is 0 Å². The molecule has 1 amide bonds. The minimum absolute atomic E-state index is 0.0753. The predicted molar refractivity (Wildman–Crippen MR) is 59.6 cm³/mol. The maximum absolute atomic E-state index is 11.9. The molecule has 0 unspecified atom stereocenters. The van der Waals surface area contributed by atoms with Crippen LogP contribution in [0, 0.1) is 0 Å². The van der Waals surface area contributed by atoms with Crippen LogP contribution in [0.2, 0.25) is 0 Å². The standard InChI is InChI=1S/C9H15F3NO5P/c1-3-17-19(16,18-4-2)7-5-6-13(15)8(14)9(10,11)12/h5,7,15H,3-4,6H2,1-2H3/b7-5+. The lowest BCUT2D eigenvalue weighted by Gasteiger charge is -2.15. The second kappa shape index (κ2) is 7.64. The summed E-state index contributed by atoms with van der Waals surface area (Å²) in [6.45, 7) is 2.48. The van der Waals surface area contributed by atoms with E-state index >= 15 is 0 Å². The van der Waals surface area contributed by atoms with Gasteiger partial charge < -0.3 is 9.05 Å². The number of carbonyl (C=O) groups is 1. The maximum atomic E-state index is 11.9. The summed E-state index contributed by atoms with van der Waals surface area (Å²) in [4.78, 5) is 10.6. The van der Waals surface area contributed by atoms with E-state index in [1.54, 1.807) is 13.8 Å². The van der Waals surface area contributed by atoms with Crippen LogP contribution in [0.1, 0.15) is 13.8 Å². The van der Waals surface area contributed by atoms with E-state index in [2.05, 4.69) is 0 Å². The summed E-state index contributed by atoms with van der Waals surface area (Å²) in [6.07, 6.45) is -4.28. The Morgan fingerprint density at radius 1 is 1.32 bits per heavy atom. The molecule has 0 aliphatic rings. The minimum atomic E-state index is -5.17. The van der Waals surface area contributed by atoms with E-state index in [-0.39, 0.29) is 13.2 Å². The first-order chi connectivity index (χ1) is 8.66. The van der Waals surface area contributed by atoms with Gasteiger partial charge in [-0.3, -0.25) is 14.6 Å². The fourth-order valence-corrected chi connectivity index (χ4v) is 2.31. The molecule has 0 saturated heterocycles. The van der Waals surface area contributed by atoms with E-state index in [4.69, 9.17) is 14.3 Å². The Labute approximate surface area is 108 Å². The van der Waals surface area contributed by atoms with E-state index in [1.165, 1.54) is 0 Å². The van der Waals surface area contributed by atoms with Crippen LogP contribution in [0.4, 0.5) is 13.2 Å². The van der Waals surface area contributed by atoms with Crippen molar-refractivity contribution < 1.29 is 36.8 Å². The summed E-state index contributed by atoms with van der Waals surface area (Å²) in [5.41, 5.74) is 0. The Balaban J connectivity index is 4.56. The molecule has 0 atom stereocenters. The molecule has 0 heterocycles. The summed E-state index contributed by atoms with van der Waals surface area (Å²) in [5.74, 6) is -1.52. The van der Waals surface area contributed by atoms with Crippen molar-refractivity contribution in [1.29, 1.82) is 0 Å². The van der Waals surface area contributed by atoms with Crippen LogP contribution < -0.4 is 0 Å². The van der Waals surface area contributed by atoms with Crippen LogP contribution in [-0.2, 0) is 18.4 Å². The van der Waals surface area contributed by atoms with E-state index in [9.17, 15) is 22.5 Å². The number of nitrogens with zero attached hydrogens (tertiary/aromatic N) is 1. The summed E-state index contributed by atoms with van der Waals surface area (Å²) < 4.78 is 57.2. The number of amides is 1. The molecule has 112 valence electrons. The average molecular weight is 305 g/mol. The monoisotopic (exact) mass is 305 g/mol. The number of alkyl halides is 3. The number of hydroxylamine groups is 2. The number of halogens is 3. The Bertz CT molecular complexity index is 361. The van der Waals surface area contributed by atoms with Gasteiger partial charge in [-0.2, -0.15) is 13.2 Å². The van der Waals surface area contributed by atoms with Crippen molar-refractivity contribution in [3.05, 3.63) is 11.9 Å². The van der Waals surface area contributed by atoms with Crippen LogP contribution in [0.25, 0.3) is 0 Å². The molecule has 0 aromatic rings. The molecule has 19 heavy (non-hydrogen) atoms. The molecular formula is C9H15F3NO5P. The quantitative estimate of drug-likeness (QED) is 0.444. The highest BCUT2D eigenvalue weighted by atomic mass is 31.2. The molecule has 0 radical (unpaired) electrons. The molecule has 6 nitrogen and oxygen atoms in total. The normalized spacial score (nSPS) is 12.9. The smallest absolute Gasteiger partial charge is 0.306 e. The topological polar surface area (TPSA) is 76.1 Å². The molecule has 0 spiro atoms. The number of carbonyl (C=O) groups excluding carboxylic acids is 1.